The number of hydrogen-bond donors (Lipinski definition) is 0. The van der Waals surface area contributed by atoms with E-state index in [1.807, 2.05) is 11.8 Å². The van der Waals surface area contributed by atoms with Gasteiger partial charge < -0.3 is 4.55 Å². The fourth-order valence-corrected chi connectivity index (χ4v) is 2.22. The molecule has 0 N–H and O–H groups in total. The van der Waals surface area contributed by atoms with E-state index in [-0.39, 0.29) is 0 Å². The van der Waals surface area contributed by atoms with Crippen LogP contribution in [0.25, 0.3) is 0 Å². The zero-order valence-electron chi connectivity index (χ0n) is 7.34. The van der Waals surface area contributed by atoms with E-state index >= 15 is 0 Å². The first-order valence-corrected chi connectivity index (χ1v) is 6.84. The Morgan fingerprint density at radius 2 is 2.27 bits per heavy atom. The van der Waals surface area contributed by atoms with Crippen molar-refractivity contribution in [3.8, 4) is 0 Å². The lowest BCUT2D eigenvalue weighted by Crippen LogP contribution is -2.19. The van der Waals surface area contributed by atoms with Gasteiger partial charge in [0.2, 0.25) is 0 Å². The van der Waals surface area contributed by atoms with Gasteiger partial charge in [-0.15, -0.1) is 0 Å². The van der Waals surface area contributed by atoms with Crippen LogP contribution in [0.15, 0.2) is 0 Å². The van der Waals surface area contributed by atoms with Crippen molar-refractivity contribution in [1.82, 2.24) is 0 Å². The first kappa shape index (κ1) is 11.7. The van der Waals surface area contributed by atoms with E-state index in [0.29, 0.717) is 5.25 Å². The monoisotopic (exact) mass is 193 g/mol. The molecular weight excluding hydrogens is 176 g/mol. The molecule has 67 valence electrons. The van der Waals surface area contributed by atoms with E-state index < -0.39 is 11.2 Å². The summed E-state index contributed by atoms with van der Waals surface area (Å²) in [5, 5.41) is 0.321. The van der Waals surface area contributed by atoms with Crippen LogP contribution in [0.5, 0.6) is 0 Å². The molecule has 0 aliphatic heterocycles. The fraction of sp³-hybridized carbons (Fsp3) is 0.875. The number of thioether (sulfide) groups is 1. The topological polar surface area (TPSA) is 23.1 Å². The summed E-state index contributed by atoms with van der Waals surface area (Å²) in [7, 11) is 0. The Bertz CT molecular complexity index is 86.2. The van der Waals surface area contributed by atoms with Crippen molar-refractivity contribution < 1.29 is 4.55 Å². The zero-order valence-corrected chi connectivity index (χ0v) is 8.97. The quantitative estimate of drug-likeness (QED) is 0.476. The van der Waals surface area contributed by atoms with Gasteiger partial charge in [-0.3, -0.25) is 0 Å². The second-order valence-electron chi connectivity index (χ2n) is 2.54. The predicted molar refractivity (Wildman–Crippen MR) is 55.4 cm³/mol. The highest BCUT2D eigenvalue weighted by atomic mass is 32.2. The Labute approximate surface area is 77.5 Å². The molecule has 0 aromatic carbocycles. The molecule has 0 amide bonds. The Balaban J connectivity index is 3.36. The van der Waals surface area contributed by atoms with Crippen molar-refractivity contribution in [3.63, 3.8) is 0 Å². The molecule has 0 aromatic heterocycles. The van der Waals surface area contributed by atoms with Crippen LogP contribution in [0.4, 0.5) is 0 Å². The van der Waals surface area contributed by atoms with Crippen LogP contribution in [-0.2, 0) is 11.2 Å². The Morgan fingerprint density at radius 1 is 1.64 bits per heavy atom. The minimum atomic E-state index is -0.679. The smallest absolute Gasteiger partial charge is 0.115 e. The highest BCUT2D eigenvalue weighted by Gasteiger charge is 2.14. The Hall–Kier alpha value is 0.660. The molecule has 0 saturated heterocycles. The van der Waals surface area contributed by atoms with Crippen molar-refractivity contribution in [3.05, 3.63) is 6.92 Å². The molecule has 0 rings (SSSR count). The summed E-state index contributed by atoms with van der Waals surface area (Å²) in [6.07, 6.45) is 6.91. The molecule has 2 unspecified atom stereocenters. The van der Waals surface area contributed by atoms with Gasteiger partial charge in [0.15, 0.2) is 0 Å². The molecule has 0 aromatic rings. The van der Waals surface area contributed by atoms with Gasteiger partial charge in [0.25, 0.3) is 0 Å². The zero-order chi connectivity index (χ0) is 8.69. The molecule has 1 radical (unpaired) electrons. The lowest BCUT2D eigenvalue weighted by atomic mass is 10.2. The first-order valence-electron chi connectivity index (χ1n) is 3.82. The number of rotatable bonds is 6. The summed E-state index contributed by atoms with van der Waals surface area (Å²) in [4.78, 5) is 0. The maximum Gasteiger partial charge on any atom is 0.115 e. The third-order valence-electron chi connectivity index (χ3n) is 1.67. The van der Waals surface area contributed by atoms with E-state index in [1.165, 1.54) is 12.2 Å². The summed E-state index contributed by atoms with van der Waals surface area (Å²) in [6, 6.07) is 0. The van der Waals surface area contributed by atoms with Crippen molar-refractivity contribution in [2.75, 3.05) is 18.3 Å². The molecule has 0 spiro atoms. The van der Waals surface area contributed by atoms with E-state index in [2.05, 4.69) is 13.2 Å². The summed E-state index contributed by atoms with van der Waals surface area (Å²) in [6.45, 7) is 3.79. The first-order chi connectivity index (χ1) is 5.22. The molecule has 11 heavy (non-hydrogen) atoms. The minimum absolute atomic E-state index is 0.321. The summed E-state index contributed by atoms with van der Waals surface area (Å²) in [5.41, 5.74) is 0. The standard InChI is InChI=1S/C8H17OS2/c1-4-8(11(3)9)6-5-7-10-2/h8H,1,4-7H2,2-3H3. The molecular formula is C8H17OS2. The minimum Gasteiger partial charge on any atom is -0.616 e. The van der Waals surface area contributed by atoms with Crippen LogP contribution >= 0.6 is 11.8 Å². The SMILES string of the molecule is [CH2]CC(CCCSC)[S+](C)[O-]. The van der Waals surface area contributed by atoms with Gasteiger partial charge in [-0.2, -0.15) is 11.8 Å². The maximum absolute atomic E-state index is 11.0. The van der Waals surface area contributed by atoms with Crippen LogP contribution in [0.2, 0.25) is 0 Å². The molecule has 0 bridgehead atoms. The largest absolute Gasteiger partial charge is 0.616 e. The molecule has 0 saturated carbocycles. The van der Waals surface area contributed by atoms with Gasteiger partial charge in [-0.25, -0.2) is 0 Å². The van der Waals surface area contributed by atoms with Crippen LogP contribution in [-0.4, -0.2) is 28.1 Å². The van der Waals surface area contributed by atoms with Crippen LogP contribution in [0, 0.1) is 6.92 Å². The fourth-order valence-electron chi connectivity index (χ4n) is 0.932. The summed E-state index contributed by atoms with van der Waals surface area (Å²) < 4.78 is 11.0. The van der Waals surface area contributed by atoms with Gasteiger partial charge in [0.05, 0.1) is 6.26 Å². The van der Waals surface area contributed by atoms with E-state index in [0.717, 1.165) is 12.8 Å². The lowest BCUT2D eigenvalue weighted by Gasteiger charge is -2.16. The highest BCUT2D eigenvalue weighted by molar-refractivity contribution is 7.98. The predicted octanol–water partition coefficient (Wildman–Crippen LogP) is 2.10. The second kappa shape index (κ2) is 7.32. The molecule has 0 heterocycles. The third kappa shape index (κ3) is 5.88. The average Bonchev–Trinajstić information content (AvgIpc) is 1.97. The van der Waals surface area contributed by atoms with Gasteiger partial charge >= 0.3 is 0 Å². The molecule has 1 nitrogen and oxygen atoms in total. The molecule has 0 fully saturated rings. The van der Waals surface area contributed by atoms with E-state index in [1.54, 1.807) is 6.26 Å². The van der Waals surface area contributed by atoms with Gasteiger partial charge in [-0.05, 0) is 38.2 Å². The number of hydrogen-bond acceptors (Lipinski definition) is 2. The third-order valence-corrected chi connectivity index (χ3v) is 3.77. The van der Waals surface area contributed by atoms with Gasteiger partial charge in [0.1, 0.15) is 5.25 Å². The van der Waals surface area contributed by atoms with Gasteiger partial charge in [-0.1, -0.05) is 11.2 Å². The second-order valence-corrected chi connectivity index (χ2v) is 5.19. The van der Waals surface area contributed by atoms with Crippen molar-refractivity contribution >= 4 is 22.9 Å². The van der Waals surface area contributed by atoms with Crippen LogP contribution in [0.1, 0.15) is 19.3 Å². The maximum atomic E-state index is 11.0. The molecule has 0 aliphatic carbocycles. The molecule has 0 aliphatic rings. The summed E-state index contributed by atoms with van der Waals surface area (Å²) in [5.74, 6) is 1.17. The van der Waals surface area contributed by atoms with E-state index in [9.17, 15) is 4.55 Å². The van der Waals surface area contributed by atoms with Gasteiger partial charge in [0, 0.05) is 0 Å². The van der Waals surface area contributed by atoms with Crippen molar-refractivity contribution in [1.29, 1.82) is 0 Å². The lowest BCUT2D eigenvalue weighted by molar-refractivity contribution is 0.574. The Kier molecular flexibility index (Phi) is 7.76. The average molecular weight is 193 g/mol. The highest BCUT2D eigenvalue weighted by Crippen LogP contribution is 2.12. The molecule has 2 atom stereocenters. The molecule has 3 heteroatoms. The van der Waals surface area contributed by atoms with E-state index in [4.69, 9.17) is 0 Å². The van der Waals surface area contributed by atoms with Crippen molar-refractivity contribution in [2.24, 2.45) is 0 Å². The van der Waals surface area contributed by atoms with Crippen LogP contribution < -0.4 is 0 Å². The van der Waals surface area contributed by atoms with Crippen molar-refractivity contribution in [2.45, 2.75) is 24.5 Å². The summed E-state index contributed by atoms with van der Waals surface area (Å²) >= 11 is 1.17. The van der Waals surface area contributed by atoms with Crippen LogP contribution in [0.3, 0.4) is 0 Å². The Morgan fingerprint density at radius 3 is 2.64 bits per heavy atom. The normalized spacial score (nSPS) is 16.4.